The molecule has 0 spiro atoms. The Bertz CT molecular complexity index is 1970. The van der Waals surface area contributed by atoms with Gasteiger partial charge in [0.25, 0.3) is 0 Å². The summed E-state index contributed by atoms with van der Waals surface area (Å²) in [6.45, 7) is 4.00. The first-order valence-electron chi connectivity index (χ1n) is 18.7. The molecule has 2 aromatic heterocycles. The van der Waals surface area contributed by atoms with Crippen molar-refractivity contribution in [3.63, 3.8) is 0 Å². The van der Waals surface area contributed by atoms with Crippen molar-refractivity contribution in [3.05, 3.63) is 57.4 Å². The van der Waals surface area contributed by atoms with Crippen LogP contribution in [0.2, 0.25) is 0 Å². The molecule has 0 aliphatic heterocycles. The van der Waals surface area contributed by atoms with Crippen molar-refractivity contribution in [2.45, 2.75) is 64.5 Å². The van der Waals surface area contributed by atoms with E-state index in [4.69, 9.17) is 19.3 Å². The van der Waals surface area contributed by atoms with E-state index in [9.17, 15) is 19.2 Å². The fourth-order valence-electron chi connectivity index (χ4n) is 7.84. The van der Waals surface area contributed by atoms with Crippen LogP contribution < -0.4 is 40.9 Å². The van der Waals surface area contributed by atoms with Gasteiger partial charge < -0.3 is 35.4 Å². The van der Waals surface area contributed by atoms with Crippen molar-refractivity contribution >= 4 is 45.4 Å². The Morgan fingerprint density at radius 1 is 0.673 bits per heavy atom. The van der Waals surface area contributed by atoms with E-state index < -0.39 is 5.97 Å². The maximum absolute atomic E-state index is 12.8. The molecule has 6 rings (SSSR count). The van der Waals surface area contributed by atoms with Crippen LogP contribution in [0.5, 0.6) is 0 Å². The predicted molar refractivity (Wildman–Crippen MR) is 208 cm³/mol. The molecule has 16 heteroatoms. The molecule has 0 unspecified atom stereocenters. The third-order valence-electron chi connectivity index (χ3n) is 11.0. The van der Waals surface area contributed by atoms with Crippen LogP contribution in [-0.4, -0.2) is 88.4 Å². The molecular formula is C39H57LiN6O9. The van der Waals surface area contributed by atoms with Crippen LogP contribution in [0, 0.1) is 23.7 Å². The van der Waals surface area contributed by atoms with Crippen molar-refractivity contribution in [2.75, 3.05) is 58.3 Å². The van der Waals surface area contributed by atoms with E-state index in [1.54, 1.807) is 30.4 Å². The second kappa shape index (κ2) is 21.3. The van der Waals surface area contributed by atoms with E-state index in [1.165, 1.54) is 7.11 Å². The molecule has 0 atom stereocenters. The van der Waals surface area contributed by atoms with Gasteiger partial charge in [0.15, 0.2) is 0 Å². The SMILES string of the molecule is COCCNc1ccc2c(c1)n(CC1CCC(C(=O)O)CC1)c(=O)n2C.COCCNc1ccc2c(c1)n(CC1CCC(C(=O)OC)CC1)c(=O)n2C.[Li+].[OH-]. The fourth-order valence-corrected chi connectivity index (χ4v) is 7.84. The topological polar surface area (TPSA) is 190 Å². The number of esters is 1. The molecular weight excluding hydrogens is 703 g/mol. The van der Waals surface area contributed by atoms with E-state index >= 15 is 0 Å². The van der Waals surface area contributed by atoms with Crippen molar-refractivity contribution in [1.82, 2.24) is 18.3 Å². The van der Waals surface area contributed by atoms with E-state index in [0.717, 1.165) is 78.5 Å². The molecule has 15 nitrogen and oxygen atoms in total. The van der Waals surface area contributed by atoms with E-state index in [0.29, 0.717) is 57.5 Å². The zero-order valence-corrected chi connectivity index (χ0v) is 33.2. The van der Waals surface area contributed by atoms with E-state index in [1.807, 2.05) is 52.6 Å². The maximum Gasteiger partial charge on any atom is 1.00 e. The number of nitrogens with zero attached hydrogens (tertiary/aromatic N) is 4. The number of ether oxygens (including phenoxy) is 3. The number of imidazole rings is 2. The summed E-state index contributed by atoms with van der Waals surface area (Å²) in [5.74, 6) is -0.280. The molecule has 0 amide bonds. The first-order valence-corrected chi connectivity index (χ1v) is 18.7. The van der Waals surface area contributed by atoms with Crippen LogP contribution in [-0.2, 0) is 51.0 Å². The maximum atomic E-state index is 12.8. The number of hydrogen-bond donors (Lipinski definition) is 3. The second-order valence-electron chi connectivity index (χ2n) is 14.4. The zero-order chi connectivity index (χ0) is 38.1. The molecule has 2 aliphatic rings. The van der Waals surface area contributed by atoms with Crippen LogP contribution in [0.3, 0.4) is 0 Å². The minimum Gasteiger partial charge on any atom is -0.870 e. The Kier molecular flexibility index (Phi) is 17.6. The normalized spacial score (nSPS) is 19.4. The van der Waals surface area contributed by atoms with Crippen LogP contribution in [0.15, 0.2) is 46.0 Å². The number of benzene rings is 2. The monoisotopic (exact) mass is 760 g/mol. The summed E-state index contributed by atoms with van der Waals surface area (Å²) in [6, 6.07) is 11.9. The first kappa shape index (κ1) is 45.4. The molecule has 2 aliphatic carbocycles. The number of anilines is 2. The summed E-state index contributed by atoms with van der Waals surface area (Å²) in [5.41, 5.74) is 5.63. The molecule has 2 saturated carbocycles. The number of carbonyl (C=O) groups is 2. The minimum atomic E-state index is -0.697. The van der Waals surface area contributed by atoms with Gasteiger partial charge in [-0.1, -0.05) is 0 Å². The average molecular weight is 761 g/mol. The number of methoxy groups -OCH3 is 3. The Balaban J connectivity index is 0.000000285. The molecule has 0 bridgehead atoms. The largest absolute Gasteiger partial charge is 1.00 e. The summed E-state index contributed by atoms with van der Waals surface area (Å²) in [7, 11) is 8.39. The second-order valence-corrected chi connectivity index (χ2v) is 14.4. The van der Waals surface area contributed by atoms with E-state index in [2.05, 4.69) is 10.6 Å². The van der Waals surface area contributed by atoms with Crippen molar-refractivity contribution in [2.24, 2.45) is 37.8 Å². The fraction of sp³-hybridized carbons (Fsp3) is 0.590. The van der Waals surface area contributed by atoms with Crippen LogP contribution in [0.1, 0.15) is 51.4 Å². The first-order chi connectivity index (χ1) is 25.6. The third-order valence-corrected chi connectivity index (χ3v) is 11.0. The Morgan fingerprint density at radius 3 is 1.44 bits per heavy atom. The average Bonchev–Trinajstić information content (AvgIpc) is 3.54. The van der Waals surface area contributed by atoms with Gasteiger partial charge in [0, 0.05) is 65.9 Å². The smallest absolute Gasteiger partial charge is 0.870 e. The summed E-state index contributed by atoms with van der Waals surface area (Å²) in [4.78, 5) is 48.3. The summed E-state index contributed by atoms with van der Waals surface area (Å²) >= 11 is 0. The number of aromatic nitrogens is 4. The Morgan fingerprint density at radius 2 is 1.07 bits per heavy atom. The number of aliphatic carboxylic acids is 1. The molecule has 4 N–H and O–H groups in total. The molecule has 298 valence electrons. The van der Waals surface area contributed by atoms with Gasteiger partial charge in [0.05, 0.1) is 54.2 Å². The number of carboxylic acid groups (broad SMARTS) is 1. The molecule has 0 radical (unpaired) electrons. The van der Waals surface area contributed by atoms with E-state index in [-0.39, 0.29) is 53.5 Å². The number of hydrogen-bond acceptors (Lipinski definition) is 10. The number of rotatable bonds is 14. The molecule has 2 aromatic carbocycles. The van der Waals surface area contributed by atoms with Crippen LogP contribution >= 0.6 is 0 Å². The number of nitrogens with one attached hydrogen (secondary N) is 2. The van der Waals surface area contributed by atoms with Crippen LogP contribution in [0.25, 0.3) is 22.1 Å². The van der Waals surface area contributed by atoms with Gasteiger partial charge in [-0.2, -0.15) is 0 Å². The predicted octanol–water partition coefficient (Wildman–Crippen LogP) is 1.49. The van der Waals surface area contributed by atoms with Gasteiger partial charge in [-0.15, -0.1) is 0 Å². The van der Waals surface area contributed by atoms with Gasteiger partial charge >= 0.3 is 42.2 Å². The zero-order valence-electron chi connectivity index (χ0n) is 33.2. The molecule has 2 heterocycles. The Labute approximate surface area is 333 Å². The van der Waals surface area contributed by atoms with Crippen molar-refractivity contribution < 1.29 is 53.2 Å². The number of carbonyl (C=O) groups excluding carboxylic acids is 1. The van der Waals surface area contributed by atoms with Gasteiger partial charge in [-0.25, -0.2) is 9.59 Å². The number of carboxylic acids is 1. The Hall–Kier alpha value is -4.00. The van der Waals surface area contributed by atoms with Crippen LogP contribution in [0.4, 0.5) is 11.4 Å². The quantitative estimate of drug-likeness (QED) is 0.0960. The minimum absolute atomic E-state index is 0. The van der Waals surface area contributed by atoms with Crippen molar-refractivity contribution in [1.29, 1.82) is 0 Å². The molecule has 4 aromatic rings. The van der Waals surface area contributed by atoms with Gasteiger partial charge in [-0.05, 0) is 99.6 Å². The third kappa shape index (κ3) is 11.1. The molecule has 55 heavy (non-hydrogen) atoms. The van der Waals surface area contributed by atoms with Gasteiger partial charge in [0.1, 0.15) is 0 Å². The number of aryl methyl sites for hydroxylation is 2. The standard InChI is InChI=1S/C20H29N3O4.C19H27N3O4.Li.H2O/c1-22-17-9-8-16(21-10-11-26-2)12-18(17)23(20(22)25)13-14-4-6-15(7-5-14)19(24)27-3;1-21-16-8-7-15(20-9-10-26-2)11-17(16)22(19(21)25)12-13-3-5-14(6-4-13)18(23)24;;/h8-9,12,14-15,21H,4-7,10-11,13H2,1-3H3;7-8,11,13-14,20H,3-6,9-10,12H2,1-2H3,(H,23,24);;1H2/q;;+1;/p-1. The van der Waals surface area contributed by atoms with Crippen molar-refractivity contribution in [3.8, 4) is 0 Å². The van der Waals surface area contributed by atoms with Gasteiger partial charge in [0.2, 0.25) is 0 Å². The summed E-state index contributed by atoms with van der Waals surface area (Å²) in [6.07, 6.45) is 6.65. The summed E-state index contributed by atoms with van der Waals surface area (Å²) in [5, 5.41) is 15.8. The van der Waals surface area contributed by atoms with Gasteiger partial charge in [-0.3, -0.25) is 27.9 Å². The number of fused-ring (bicyclic) bond motifs is 2. The summed E-state index contributed by atoms with van der Waals surface area (Å²) < 4.78 is 22.1. The molecule has 2 fully saturated rings. The molecule has 0 saturated heterocycles.